The normalized spacial score (nSPS) is 13.0. The Labute approximate surface area is 147 Å². The van der Waals surface area contributed by atoms with E-state index >= 15 is 0 Å². The van der Waals surface area contributed by atoms with Gasteiger partial charge in [-0.25, -0.2) is 4.79 Å². The molecule has 2 rings (SSSR count). The molecule has 5 heteroatoms. The molecule has 4 nitrogen and oxygen atoms in total. The van der Waals surface area contributed by atoms with Gasteiger partial charge in [-0.3, -0.25) is 4.79 Å². The summed E-state index contributed by atoms with van der Waals surface area (Å²) in [5.74, 6) is -1.31. The molecule has 0 aliphatic rings. The smallest absolute Gasteiger partial charge is 0.330 e. The molecule has 0 fully saturated rings. The zero-order chi connectivity index (χ0) is 17.4. The highest BCUT2D eigenvalue weighted by Crippen LogP contribution is 2.17. The molecule has 0 bridgehead atoms. The van der Waals surface area contributed by atoms with Crippen molar-refractivity contribution >= 4 is 24.5 Å². The summed E-state index contributed by atoms with van der Waals surface area (Å²) in [6.45, 7) is 0. The number of nitrogens with one attached hydrogen (secondary N) is 1. The summed E-state index contributed by atoms with van der Waals surface area (Å²) >= 11 is 4.25. The first-order chi connectivity index (χ1) is 11.6. The Kier molecular flexibility index (Phi) is 6.88. The van der Waals surface area contributed by atoms with Crippen LogP contribution >= 0.6 is 12.6 Å². The standard InChI is InChI=1S/C19H21NO3S/c21-18(16(13-24)12-11-14-7-3-1-4-8-14)20-17(19(22)23)15-9-5-2-6-10-15/h1-10,16-17,24H,11-13H2,(H,20,21)(H,22,23)/t16-,17-/m1/s1. The molecule has 1 amide bonds. The van der Waals surface area contributed by atoms with E-state index in [-0.39, 0.29) is 11.8 Å². The highest BCUT2D eigenvalue weighted by molar-refractivity contribution is 7.80. The largest absolute Gasteiger partial charge is 0.479 e. The molecule has 0 aliphatic heterocycles. The minimum absolute atomic E-state index is 0.280. The van der Waals surface area contributed by atoms with Crippen LogP contribution in [0.4, 0.5) is 0 Å². The maximum atomic E-state index is 12.5. The average Bonchev–Trinajstić information content (AvgIpc) is 2.61. The van der Waals surface area contributed by atoms with Crippen LogP contribution in [-0.2, 0) is 16.0 Å². The van der Waals surface area contributed by atoms with Crippen molar-refractivity contribution in [3.63, 3.8) is 0 Å². The molecular formula is C19H21NO3S. The number of rotatable bonds is 8. The number of aryl methyl sites for hydroxylation is 1. The lowest BCUT2D eigenvalue weighted by atomic mass is 9.99. The minimum atomic E-state index is -1.07. The van der Waals surface area contributed by atoms with Crippen molar-refractivity contribution in [1.29, 1.82) is 0 Å². The summed E-state index contributed by atoms with van der Waals surface area (Å²) < 4.78 is 0. The molecule has 2 N–H and O–H groups in total. The molecule has 0 heterocycles. The lowest BCUT2D eigenvalue weighted by molar-refractivity contribution is -0.142. The van der Waals surface area contributed by atoms with Crippen LogP contribution < -0.4 is 5.32 Å². The number of hydrogen-bond donors (Lipinski definition) is 3. The summed E-state index contributed by atoms with van der Waals surface area (Å²) in [5, 5.41) is 12.0. The predicted octanol–water partition coefficient (Wildman–Crippen LogP) is 3.11. The molecule has 126 valence electrons. The summed E-state index contributed by atoms with van der Waals surface area (Å²) in [7, 11) is 0. The molecule has 2 aromatic carbocycles. The molecule has 0 aromatic heterocycles. The van der Waals surface area contributed by atoms with E-state index in [1.807, 2.05) is 30.3 Å². The lowest BCUT2D eigenvalue weighted by Crippen LogP contribution is -2.38. The lowest BCUT2D eigenvalue weighted by Gasteiger charge is -2.19. The van der Waals surface area contributed by atoms with Crippen molar-refractivity contribution in [3.8, 4) is 0 Å². The second-order valence-electron chi connectivity index (χ2n) is 5.59. The van der Waals surface area contributed by atoms with Crippen LogP contribution in [0.1, 0.15) is 23.6 Å². The predicted molar refractivity (Wildman–Crippen MR) is 97.1 cm³/mol. The zero-order valence-corrected chi connectivity index (χ0v) is 14.2. The Morgan fingerprint density at radius 3 is 2.12 bits per heavy atom. The Balaban J connectivity index is 2.00. The molecule has 2 aromatic rings. The van der Waals surface area contributed by atoms with E-state index < -0.39 is 12.0 Å². The van der Waals surface area contributed by atoms with Gasteiger partial charge in [-0.2, -0.15) is 12.6 Å². The molecule has 2 atom stereocenters. The minimum Gasteiger partial charge on any atom is -0.479 e. The zero-order valence-electron chi connectivity index (χ0n) is 13.3. The summed E-state index contributed by atoms with van der Waals surface area (Å²) in [4.78, 5) is 24.0. The third-order valence-corrected chi connectivity index (χ3v) is 4.32. The van der Waals surface area contributed by atoms with Gasteiger partial charge in [-0.05, 0) is 24.0 Å². The average molecular weight is 343 g/mol. The highest BCUT2D eigenvalue weighted by atomic mass is 32.1. The van der Waals surface area contributed by atoms with Gasteiger partial charge in [0.2, 0.25) is 5.91 Å². The van der Waals surface area contributed by atoms with Gasteiger partial charge in [-0.15, -0.1) is 0 Å². The molecule has 0 aliphatic carbocycles. The fraction of sp³-hybridized carbons (Fsp3) is 0.263. The molecule has 24 heavy (non-hydrogen) atoms. The third kappa shape index (κ3) is 5.13. The number of carbonyl (C=O) groups excluding carboxylic acids is 1. The monoisotopic (exact) mass is 343 g/mol. The van der Waals surface area contributed by atoms with Crippen LogP contribution in [0.3, 0.4) is 0 Å². The molecule has 0 saturated heterocycles. The van der Waals surface area contributed by atoms with Crippen molar-refractivity contribution in [1.82, 2.24) is 5.32 Å². The first kappa shape index (κ1) is 18.1. The van der Waals surface area contributed by atoms with Gasteiger partial charge in [0.1, 0.15) is 0 Å². The molecular weight excluding hydrogens is 322 g/mol. The molecule has 0 saturated carbocycles. The van der Waals surface area contributed by atoms with E-state index in [2.05, 4.69) is 17.9 Å². The van der Waals surface area contributed by atoms with Crippen molar-refractivity contribution < 1.29 is 14.7 Å². The van der Waals surface area contributed by atoms with E-state index in [9.17, 15) is 14.7 Å². The van der Waals surface area contributed by atoms with Crippen LogP contribution in [0.25, 0.3) is 0 Å². The SMILES string of the molecule is O=C(N[C@@H](C(=O)O)c1ccccc1)[C@@H](CS)CCc1ccccc1. The number of benzene rings is 2. The van der Waals surface area contributed by atoms with Crippen molar-refractivity contribution in [2.24, 2.45) is 5.92 Å². The number of carboxylic acid groups (broad SMARTS) is 1. The Morgan fingerprint density at radius 2 is 1.58 bits per heavy atom. The van der Waals surface area contributed by atoms with E-state index in [1.54, 1.807) is 30.3 Å². The van der Waals surface area contributed by atoms with Crippen molar-refractivity contribution in [2.45, 2.75) is 18.9 Å². The summed E-state index contributed by atoms with van der Waals surface area (Å²) in [6, 6.07) is 17.5. The number of carbonyl (C=O) groups is 2. The quantitative estimate of drug-likeness (QED) is 0.645. The van der Waals surface area contributed by atoms with Gasteiger partial charge in [0.25, 0.3) is 0 Å². The number of aliphatic carboxylic acids is 1. The topological polar surface area (TPSA) is 66.4 Å². The van der Waals surface area contributed by atoms with E-state index in [0.29, 0.717) is 17.7 Å². The second kappa shape index (κ2) is 9.13. The summed E-state index contributed by atoms with van der Waals surface area (Å²) in [6.07, 6.45) is 1.38. The van der Waals surface area contributed by atoms with Crippen LogP contribution in [0.5, 0.6) is 0 Å². The van der Waals surface area contributed by atoms with Crippen LogP contribution in [0.2, 0.25) is 0 Å². The summed E-state index contributed by atoms with van der Waals surface area (Å²) in [5.41, 5.74) is 1.70. The number of amides is 1. The van der Waals surface area contributed by atoms with Gasteiger partial charge in [0.05, 0.1) is 0 Å². The fourth-order valence-corrected chi connectivity index (χ4v) is 2.83. The van der Waals surface area contributed by atoms with Gasteiger partial charge in [0.15, 0.2) is 6.04 Å². The molecule has 0 radical (unpaired) electrons. The second-order valence-corrected chi connectivity index (χ2v) is 5.96. The van der Waals surface area contributed by atoms with Crippen molar-refractivity contribution in [3.05, 3.63) is 71.8 Å². The van der Waals surface area contributed by atoms with Crippen molar-refractivity contribution in [2.75, 3.05) is 5.75 Å². The fourth-order valence-electron chi connectivity index (χ4n) is 2.48. The van der Waals surface area contributed by atoms with E-state index in [0.717, 1.165) is 12.0 Å². The molecule has 0 spiro atoms. The maximum absolute atomic E-state index is 12.5. The molecule has 0 unspecified atom stereocenters. The van der Waals surface area contributed by atoms with Gasteiger partial charge >= 0.3 is 5.97 Å². The Morgan fingerprint density at radius 1 is 1.00 bits per heavy atom. The van der Waals surface area contributed by atoms with E-state index in [1.165, 1.54) is 0 Å². The first-order valence-electron chi connectivity index (χ1n) is 7.84. The number of thiol groups is 1. The van der Waals surface area contributed by atoms with Gasteiger partial charge in [-0.1, -0.05) is 60.7 Å². The first-order valence-corrected chi connectivity index (χ1v) is 8.48. The van der Waals surface area contributed by atoms with Crippen LogP contribution in [-0.4, -0.2) is 22.7 Å². The highest BCUT2D eigenvalue weighted by Gasteiger charge is 2.25. The number of hydrogen-bond acceptors (Lipinski definition) is 3. The number of carboxylic acids is 1. The Hall–Kier alpha value is -2.27. The Bertz CT molecular complexity index is 661. The third-order valence-electron chi connectivity index (χ3n) is 3.88. The van der Waals surface area contributed by atoms with Gasteiger partial charge in [0, 0.05) is 11.7 Å². The van der Waals surface area contributed by atoms with Crippen LogP contribution in [0, 0.1) is 5.92 Å². The van der Waals surface area contributed by atoms with E-state index in [4.69, 9.17) is 0 Å². The van der Waals surface area contributed by atoms with Gasteiger partial charge < -0.3 is 10.4 Å². The van der Waals surface area contributed by atoms with Crippen LogP contribution in [0.15, 0.2) is 60.7 Å². The maximum Gasteiger partial charge on any atom is 0.330 e.